The minimum absolute atomic E-state index is 0.243. The highest BCUT2D eigenvalue weighted by Gasteiger charge is 2.10. The summed E-state index contributed by atoms with van der Waals surface area (Å²) >= 11 is 0. The summed E-state index contributed by atoms with van der Waals surface area (Å²) in [5.74, 6) is 0.507. The van der Waals surface area contributed by atoms with Gasteiger partial charge in [-0.1, -0.05) is 6.92 Å². The monoisotopic (exact) mass is 247 g/mol. The Morgan fingerprint density at radius 3 is 2.72 bits per heavy atom. The molecule has 2 N–H and O–H groups in total. The van der Waals surface area contributed by atoms with E-state index in [2.05, 4.69) is 15.0 Å². The number of nitrogens with zero attached hydrogens (tertiary/aromatic N) is 2. The normalized spacial score (nSPS) is 10.3. The van der Waals surface area contributed by atoms with Crippen LogP contribution in [0, 0.1) is 0 Å². The van der Waals surface area contributed by atoms with Crippen LogP contribution in [0.4, 0.5) is 0 Å². The maximum absolute atomic E-state index is 11.7. The molecule has 18 heavy (non-hydrogen) atoms. The third-order valence-electron chi connectivity index (χ3n) is 2.57. The van der Waals surface area contributed by atoms with Gasteiger partial charge in [-0.2, -0.15) is 4.98 Å². The van der Waals surface area contributed by atoms with E-state index < -0.39 is 0 Å². The number of hydrogen-bond acceptors (Lipinski definition) is 5. The highest BCUT2D eigenvalue weighted by Crippen LogP contribution is 2.18. The molecule has 6 nitrogen and oxygen atoms in total. The Kier molecular flexibility index (Phi) is 3.27. The molecule has 0 unspecified atom stereocenters. The highest BCUT2D eigenvalue weighted by molar-refractivity contribution is 5.54. The van der Waals surface area contributed by atoms with Gasteiger partial charge in [0.25, 0.3) is 5.56 Å². The van der Waals surface area contributed by atoms with Gasteiger partial charge in [-0.05, 0) is 12.5 Å². The lowest BCUT2D eigenvalue weighted by atomic mass is 10.2. The average Bonchev–Trinajstić information content (AvgIpc) is 2.38. The number of rotatable bonds is 3. The number of H-pyrrole nitrogens is 1. The Bertz CT molecular complexity index is 605. The van der Waals surface area contributed by atoms with Crippen molar-refractivity contribution < 1.29 is 9.84 Å². The summed E-state index contributed by atoms with van der Waals surface area (Å²) in [5, 5.41) is 9.66. The van der Waals surface area contributed by atoms with E-state index in [0.717, 1.165) is 0 Å². The van der Waals surface area contributed by atoms with E-state index in [9.17, 15) is 9.90 Å². The smallest absolute Gasteiger partial charge is 0.258 e. The maximum atomic E-state index is 11.7. The van der Waals surface area contributed by atoms with E-state index in [1.165, 1.54) is 13.3 Å². The number of pyridine rings is 1. The van der Waals surface area contributed by atoms with Gasteiger partial charge in [0.15, 0.2) is 0 Å². The van der Waals surface area contributed by atoms with Crippen LogP contribution in [0.15, 0.2) is 23.1 Å². The molecule has 0 aliphatic rings. The molecule has 2 rings (SSSR count). The minimum Gasteiger partial charge on any atom is -0.493 e. The van der Waals surface area contributed by atoms with Crippen LogP contribution in [0.5, 0.6) is 11.8 Å². The molecular formula is C12H13N3O3. The summed E-state index contributed by atoms with van der Waals surface area (Å²) in [6, 6.07) is 3.36. The van der Waals surface area contributed by atoms with Crippen LogP contribution in [0.25, 0.3) is 11.4 Å². The second kappa shape index (κ2) is 4.87. The number of aromatic hydroxyl groups is 1. The fourth-order valence-electron chi connectivity index (χ4n) is 1.58. The summed E-state index contributed by atoms with van der Waals surface area (Å²) in [7, 11) is 1.52. The zero-order valence-corrected chi connectivity index (χ0v) is 10.1. The number of nitrogens with one attached hydrogen (secondary N) is 1. The van der Waals surface area contributed by atoms with Gasteiger partial charge in [-0.25, -0.2) is 4.98 Å². The molecule has 0 amide bonds. The lowest BCUT2D eigenvalue weighted by molar-refractivity contribution is 0.398. The van der Waals surface area contributed by atoms with Crippen molar-refractivity contribution >= 4 is 0 Å². The Hall–Kier alpha value is -2.37. The average molecular weight is 247 g/mol. The van der Waals surface area contributed by atoms with E-state index in [-0.39, 0.29) is 22.8 Å². The minimum atomic E-state index is -0.337. The van der Waals surface area contributed by atoms with Crippen LogP contribution < -0.4 is 10.3 Å². The van der Waals surface area contributed by atoms with Gasteiger partial charge in [0.2, 0.25) is 11.8 Å². The largest absolute Gasteiger partial charge is 0.493 e. The number of ether oxygens (including phenoxy) is 1. The molecular weight excluding hydrogens is 234 g/mol. The van der Waals surface area contributed by atoms with Crippen LogP contribution in [-0.4, -0.2) is 27.2 Å². The molecule has 0 atom stereocenters. The molecule has 0 fully saturated rings. The number of aromatic nitrogens is 3. The maximum Gasteiger partial charge on any atom is 0.258 e. The first kappa shape index (κ1) is 12.1. The van der Waals surface area contributed by atoms with Crippen LogP contribution in [0.3, 0.4) is 0 Å². The van der Waals surface area contributed by atoms with Gasteiger partial charge in [0, 0.05) is 17.8 Å². The van der Waals surface area contributed by atoms with Crippen molar-refractivity contribution in [3.05, 3.63) is 34.2 Å². The van der Waals surface area contributed by atoms with Crippen molar-refractivity contribution in [3.63, 3.8) is 0 Å². The standard InChI is InChI=1S/C12H13N3O3/c1-3-8-11(16)14-10(15-12(8)17)7-4-5-9(18-2)13-6-7/h4-6H,3H2,1-2H3,(H2,14,15,16,17). The van der Waals surface area contributed by atoms with E-state index >= 15 is 0 Å². The van der Waals surface area contributed by atoms with E-state index in [1.807, 2.05) is 0 Å². The van der Waals surface area contributed by atoms with Crippen molar-refractivity contribution in [3.8, 4) is 23.1 Å². The molecule has 2 heterocycles. The highest BCUT2D eigenvalue weighted by atomic mass is 16.5. The van der Waals surface area contributed by atoms with Gasteiger partial charge in [0.05, 0.1) is 12.7 Å². The number of aromatic amines is 1. The van der Waals surface area contributed by atoms with Crippen LogP contribution >= 0.6 is 0 Å². The molecule has 0 bridgehead atoms. The Balaban J connectivity index is 2.47. The van der Waals surface area contributed by atoms with Crippen molar-refractivity contribution in [2.24, 2.45) is 0 Å². The molecule has 0 aromatic carbocycles. The Morgan fingerprint density at radius 2 is 2.22 bits per heavy atom. The summed E-state index contributed by atoms with van der Waals surface area (Å²) in [4.78, 5) is 22.3. The quantitative estimate of drug-likeness (QED) is 0.848. The third kappa shape index (κ3) is 2.17. The van der Waals surface area contributed by atoms with Gasteiger partial charge >= 0.3 is 0 Å². The molecule has 0 saturated carbocycles. The van der Waals surface area contributed by atoms with Gasteiger partial charge in [-0.15, -0.1) is 0 Å². The molecule has 6 heteroatoms. The lowest BCUT2D eigenvalue weighted by Gasteiger charge is -2.05. The fourth-order valence-corrected chi connectivity index (χ4v) is 1.58. The predicted octanol–water partition coefficient (Wildman–Crippen LogP) is 1.11. The SMILES string of the molecule is CCc1c(O)nc(-c2ccc(OC)nc2)[nH]c1=O. The van der Waals surface area contributed by atoms with E-state index in [4.69, 9.17) is 4.74 Å². The first-order chi connectivity index (χ1) is 8.65. The molecule has 0 radical (unpaired) electrons. The first-order valence-electron chi connectivity index (χ1n) is 5.48. The number of hydrogen-bond donors (Lipinski definition) is 2. The van der Waals surface area contributed by atoms with Gasteiger partial charge in [-0.3, -0.25) is 4.79 Å². The zero-order valence-electron chi connectivity index (χ0n) is 10.1. The molecule has 94 valence electrons. The summed E-state index contributed by atoms with van der Waals surface area (Å²) in [6.45, 7) is 1.78. The fraction of sp³-hybridized carbons (Fsp3) is 0.250. The second-order valence-electron chi connectivity index (χ2n) is 3.66. The van der Waals surface area contributed by atoms with Crippen LogP contribution in [0.2, 0.25) is 0 Å². The Labute approximate surface area is 103 Å². The number of methoxy groups -OCH3 is 1. The Morgan fingerprint density at radius 1 is 1.44 bits per heavy atom. The van der Waals surface area contributed by atoms with E-state index in [1.54, 1.807) is 19.1 Å². The molecule has 0 aliphatic heterocycles. The van der Waals surface area contributed by atoms with Crippen LogP contribution in [0.1, 0.15) is 12.5 Å². The van der Waals surface area contributed by atoms with Gasteiger partial charge in [0.1, 0.15) is 5.82 Å². The first-order valence-corrected chi connectivity index (χ1v) is 5.48. The van der Waals surface area contributed by atoms with Crippen LogP contribution in [-0.2, 0) is 6.42 Å². The molecule has 2 aromatic heterocycles. The lowest BCUT2D eigenvalue weighted by Crippen LogP contribution is -2.14. The summed E-state index contributed by atoms with van der Waals surface area (Å²) in [6.07, 6.45) is 1.94. The van der Waals surface area contributed by atoms with Crippen molar-refractivity contribution in [2.75, 3.05) is 7.11 Å². The molecule has 0 aliphatic carbocycles. The van der Waals surface area contributed by atoms with Crippen molar-refractivity contribution in [2.45, 2.75) is 13.3 Å². The predicted molar refractivity (Wildman–Crippen MR) is 65.7 cm³/mol. The summed E-state index contributed by atoms with van der Waals surface area (Å²) in [5.41, 5.74) is 0.543. The molecule has 2 aromatic rings. The molecule has 0 spiro atoms. The zero-order chi connectivity index (χ0) is 13.1. The van der Waals surface area contributed by atoms with Gasteiger partial charge < -0.3 is 14.8 Å². The van der Waals surface area contributed by atoms with E-state index in [0.29, 0.717) is 17.9 Å². The van der Waals surface area contributed by atoms with Crippen molar-refractivity contribution in [1.29, 1.82) is 0 Å². The second-order valence-corrected chi connectivity index (χ2v) is 3.66. The topological polar surface area (TPSA) is 88.1 Å². The van der Waals surface area contributed by atoms with Crippen molar-refractivity contribution in [1.82, 2.24) is 15.0 Å². The summed E-state index contributed by atoms with van der Waals surface area (Å²) < 4.78 is 4.94. The molecule has 0 saturated heterocycles. The third-order valence-corrected chi connectivity index (χ3v) is 2.57.